The molecule has 54 valence electrons. The summed E-state index contributed by atoms with van der Waals surface area (Å²) in [6, 6.07) is 0. The van der Waals surface area contributed by atoms with Gasteiger partial charge in [0.25, 0.3) is 0 Å². The van der Waals surface area contributed by atoms with Crippen LogP contribution >= 0.6 is 0 Å². The van der Waals surface area contributed by atoms with E-state index in [0.29, 0.717) is 0 Å². The van der Waals surface area contributed by atoms with E-state index in [0.717, 1.165) is 0 Å². The maximum absolute atomic E-state index is 8.56. The van der Waals surface area contributed by atoms with Gasteiger partial charge in [0, 0.05) is 0 Å². The van der Waals surface area contributed by atoms with Crippen molar-refractivity contribution < 1.29 is 145 Å². The van der Waals surface area contributed by atoms with Gasteiger partial charge in [-0.2, -0.15) is 0 Å². The molecule has 0 amide bonds. The van der Waals surface area contributed by atoms with Crippen LogP contribution in [0.25, 0.3) is 0 Å². The van der Waals surface area contributed by atoms with Crippen LogP contribution in [-0.2, 0) is 0 Å². The Morgan fingerprint density at radius 2 is 0.818 bits per heavy atom. The fraction of sp³-hybridized carbons (Fsp3) is 0. The van der Waals surface area contributed by atoms with Crippen LogP contribution in [0.5, 0.6) is 0 Å². The largest absolute Gasteiger partial charge is 1.00 e. The van der Waals surface area contributed by atoms with Gasteiger partial charge in [-0.05, 0) is 0 Å². The van der Waals surface area contributed by atoms with Crippen LogP contribution in [0.4, 0.5) is 9.59 Å². The van der Waals surface area contributed by atoms with E-state index in [1.54, 1.807) is 0 Å². The topological polar surface area (TPSA) is 115 Å². The molecule has 0 unspecified atom stereocenters. The van der Waals surface area contributed by atoms with E-state index in [4.69, 9.17) is 30.0 Å². The van der Waals surface area contributed by atoms with Crippen molar-refractivity contribution in [2.45, 2.75) is 0 Å². The van der Waals surface area contributed by atoms with Gasteiger partial charge >= 0.3 is 123 Å². The van der Waals surface area contributed by atoms with E-state index in [-0.39, 0.29) is 115 Å². The summed E-state index contributed by atoms with van der Waals surface area (Å²) in [5.74, 6) is 0. The Labute approximate surface area is 154 Å². The van der Waals surface area contributed by atoms with Crippen molar-refractivity contribution >= 4 is 12.3 Å². The van der Waals surface area contributed by atoms with Gasteiger partial charge in [-0.15, -0.1) is 0 Å². The molecule has 0 heterocycles. The minimum Gasteiger partial charge on any atom is -1.00 e. The van der Waals surface area contributed by atoms with Crippen LogP contribution in [-0.4, -0.2) is 32.7 Å². The molecule has 4 N–H and O–H groups in total. The van der Waals surface area contributed by atoms with Gasteiger partial charge in [0.15, 0.2) is 0 Å². The quantitative estimate of drug-likeness (QED) is 0.296. The Bertz CT molecular complexity index is 87.1. The van der Waals surface area contributed by atoms with Crippen LogP contribution in [0.3, 0.4) is 0 Å². The monoisotopic (exact) mass is 212 g/mol. The molecule has 11 heavy (non-hydrogen) atoms. The van der Waals surface area contributed by atoms with Crippen LogP contribution in [0.1, 0.15) is 4.28 Å². The average Bonchev–Trinajstić information content (AvgIpc) is 1.25. The molecule has 6 nitrogen and oxygen atoms in total. The minimum absolute atomic E-state index is 0. The Morgan fingerprint density at radius 1 is 0.818 bits per heavy atom. The van der Waals surface area contributed by atoms with Gasteiger partial charge in [0.1, 0.15) is 0 Å². The van der Waals surface area contributed by atoms with E-state index in [9.17, 15) is 0 Å². The zero-order valence-corrected chi connectivity index (χ0v) is 13.7. The molecule has 0 aromatic carbocycles. The Kier molecular flexibility index (Phi) is 60.4. The molecule has 9 heteroatoms. The van der Waals surface area contributed by atoms with E-state index < -0.39 is 12.3 Å². The Morgan fingerprint density at radius 3 is 0.818 bits per heavy atom. The van der Waals surface area contributed by atoms with Gasteiger partial charge in [-0.25, -0.2) is 9.59 Å². The SMILES string of the molecule is O=C(O)O.O=C(O)O.[H-].[H-].[H-].[K+].[Na+].[Na+]. The van der Waals surface area contributed by atoms with Crippen LogP contribution in [0.15, 0.2) is 0 Å². The molecule has 0 saturated carbocycles. The van der Waals surface area contributed by atoms with Crippen LogP contribution in [0.2, 0.25) is 0 Å². The smallest absolute Gasteiger partial charge is 1.00 e. The summed E-state index contributed by atoms with van der Waals surface area (Å²) < 4.78 is 0. The third kappa shape index (κ3) is 266. The first-order valence-electron chi connectivity index (χ1n) is 1.30. The van der Waals surface area contributed by atoms with E-state index in [1.165, 1.54) is 0 Å². The summed E-state index contributed by atoms with van der Waals surface area (Å²) in [5.41, 5.74) is 0. The van der Waals surface area contributed by atoms with Gasteiger partial charge < -0.3 is 24.7 Å². The normalized spacial score (nSPS) is 4.36. The first-order valence-corrected chi connectivity index (χ1v) is 1.30. The molecule has 0 rings (SSSR count). The second-order valence-corrected chi connectivity index (χ2v) is 0.565. The van der Waals surface area contributed by atoms with Crippen LogP contribution < -0.4 is 110 Å². The second-order valence-electron chi connectivity index (χ2n) is 0.565. The van der Waals surface area contributed by atoms with Crippen molar-refractivity contribution in [1.82, 2.24) is 0 Å². The van der Waals surface area contributed by atoms with Gasteiger partial charge in [0.2, 0.25) is 0 Å². The third-order valence-electron chi connectivity index (χ3n) is 0. The molecule has 0 aliphatic carbocycles. The van der Waals surface area contributed by atoms with Crippen LogP contribution in [0, 0.1) is 0 Å². The molecule has 0 atom stereocenters. The number of hydrogen-bond acceptors (Lipinski definition) is 2. The number of hydrogen-bond donors (Lipinski definition) is 4. The van der Waals surface area contributed by atoms with Crippen molar-refractivity contribution in [3.63, 3.8) is 0 Å². The summed E-state index contributed by atoms with van der Waals surface area (Å²) in [4.78, 5) is 17.1. The first kappa shape index (κ1) is 29.2. The molecule has 0 radical (unpaired) electrons. The first-order chi connectivity index (χ1) is 3.46. The molecule has 0 aromatic heterocycles. The molecule has 0 fully saturated rings. The molecule has 0 aromatic rings. The van der Waals surface area contributed by atoms with E-state index >= 15 is 0 Å². The van der Waals surface area contributed by atoms with Gasteiger partial charge in [-0.3, -0.25) is 0 Å². The molecule has 0 bridgehead atoms. The fourth-order valence-corrected chi connectivity index (χ4v) is 0. The summed E-state index contributed by atoms with van der Waals surface area (Å²) in [6.07, 6.45) is -3.67. The zero-order valence-electron chi connectivity index (χ0n) is 9.61. The van der Waals surface area contributed by atoms with Crippen molar-refractivity contribution in [3.05, 3.63) is 0 Å². The second kappa shape index (κ2) is 22.8. The van der Waals surface area contributed by atoms with Crippen molar-refractivity contribution in [3.8, 4) is 0 Å². The number of rotatable bonds is 0. The average molecular weight is 212 g/mol. The van der Waals surface area contributed by atoms with Gasteiger partial charge in [0.05, 0.1) is 0 Å². The molecular weight excluding hydrogens is 205 g/mol. The zero-order chi connectivity index (χ0) is 7.15. The Balaban J connectivity index is -0.00000000600. The number of carbonyl (C=O) groups is 2. The predicted octanol–water partition coefficient (Wildman–Crippen LogP) is -8.21. The summed E-state index contributed by atoms with van der Waals surface area (Å²) in [6.45, 7) is 0. The predicted molar refractivity (Wildman–Crippen MR) is 24.6 cm³/mol. The Hall–Kier alpha value is 2.18. The fourth-order valence-electron chi connectivity index (χ4n) is 0. The maximum atomic E-state index is 8.56. The van der Waals surface area contributed by atoms with E-state index in [2.05, 4.69) is 0 Å². The molecule has 0 spiro atoms. The molecule has 0 aliphatic rings. The molecular formula is C2H7KNa2O6. The van der Waals surface area contributed by atoms with Crippen molar-refractivity contribution in [2.75, 3.05) is 0 Å². The maximum Gasteiger partial charge on any atom is 1.00 e. The standard InChI is InChI=1S/2CH2O3.K.2Na.3H/c2*2-1(3)4;;;;;;/h2*(H2,2,3,4);;;;;;/q;;3*+1;3*-1. The molecule has 0 saturated heterocycles. The summed E-state index contributed by atoms with van der Waals surface area (Å²) >= 11 is 0. The minimum atomic E-state index is -1.83. The third-order valence-corrected chi connectivity index (χ3v) is 0. The number of carboxylic acid groups (broad SMARTS) is 4. The molecule has 0 aliphatic heterocycles. The summed E-state index contributed by atoms with van der Waals surface area (Å²) in [5, 5.41) is 27.9. The van der Waals surface area contributed by atoms with Gasteiger partial charge in [-0.1, -0.05) is 0 Å². The van der Waals surface area contributed by atoms with Crippen molar-refractivity contribution in [2.24, 2.45) is 0 Å². The van der Waals surface area contributed by atoms with Crippen molar-refractivity contribution in [1.29, 1.82) is 0 Å². The van der Waals surface area contributed by atoms with E-state index in [1.807, 2.05) is 0 Å². The summed E-state index contributed by atoms with van der Waals surface area (Å²) in [7, 11) is 0.